The molecule has 2 aliphatic rings. The number of carbonyl (C=O) groups is 1. The van der Waals surface area contributed by atoms with Crippen LogP contribution in [0.15, 0.2) is 0 Å². The third kappa shape index (κ3) is 2.33. The molecule has 0 aromatic carbocycles. The first-order chi connectivity index (χ1) is 8.12. The molecule has 0 aromatic rings. The lowest BCUT2D eigenvalue weighted by Gasteiger charge is -2.40. The third-order valence-electron chi connectivity index (χ3n) is 4.12. The van der Waals surface area contributed by atoms with Crippen molar-refractivity contribution in [1.82, 2.24) is 15.8 Å². The van der Waals surface area contributed by atoms with E-state index in [0.29, 0.717) is 11.7 Å². The van der Waals surface area contributed by atoms with Crippen LogP contribution in [0.1, 0.15) is 41.5 Å². The fourth-order valence-corrected chi connectivity index (χ4v) is 3.07. The maximum absolute atomic E-state index is 12.8. The average molecular weight is 253 g/mol. The minimum Gasteiger partial charge on any atom is -0.297 e. The van der Waals surface area contributed by atoms with Gasteiger partial charge in [-0.2, -0.15) is 0 Å². The Labute approximate surface area is 110 Å². The molecule has 0 bridgehead atoms. The molecule has 0 amide bonds. The van der Waals surface area contributed by atoms with Gasteiger partial charge in [0.15, 0.2) is 5.78 Å². The molecular formula is C14H27N3O. The molecule has 0 radical (unpaired) electrons. The van der Waals surface area contributed by atoms with E-state index in [-0.39, 0.29) is 23.0 Å². The van der Waals surface area contributed by atoms with Gasteiger partial charge in [0, 0.05) is 36.0 Å². The number of fused-ring (bicyclic) bond motifs is 1. The number of carbonyl (C=O) groups excluding carboxylic acids is 1. The van der Waals surface area contributed by atoms with Crippen molar-refractivity contribution in [2.75, 3.05) is 13.1 Å². The second kappa shape index (κ2) is 4.29. The van der Waals surface area contributed by atoms with Crippen molar-refractivity contribution in [3.63, 3.8) is 0 Å². The van der Waals surface area contributed by atoms with Crippen molar-refractivity contribution in [3.8, 4) is 0 Å². The molecule has 0 saturated carbocycles. The Morgan fingerprint density at radius 1 is 1.17 bits per heavy atom. The van der Waals surface area contributed by atoms with Gasteiger partial charge in [0.25, 0.3) is 0 Å². The Bertz CT molecular complexity index is 340. The molecule has 2 aliphatic heterocycles. The number of rotatable bonds is 1. The number of hydrazine groups is 1. The zero-order chi connectivity index (χ0) is 13.7. The maximum atomic E-state index is 12.8. The van der Waals surface area contributed by atoms with Crippen molar-refractivity contribution >= 4 is 5.78 Å². The van der Waals surface area contributed by atoms with Crippen molar-refractivity contribution in [1.29, 1.82) is 0 Å². The molecule has 0 aliphatic carbocycles. The summed E-state index contributed by atoms with van der Waals surface area (Å²) in [6.45, 7) is 14.6. The summed E-state index contributed by atoms with van der Waals surface area (Å²) in [6, 6.07) is 0.251. The topological polar surface area (TPSA) is 44.4 Å². The van der Waals surface area contributed by atoms with E-state index in [1.54, 1.807) is 0 Å². The van der Waals surface area contributed by atoms with Crippen molar-refractivity contribution in [3.05, 3.63) is 0 Å². The summed E-state index contributed by atoms with van der Waals surface area (Å²) in [5.74, 6) is 0.890. The van der Waals surface area contributed by atoms with Gasteiger partial charge < -0.3 is 0 Å². The van der Waals surface area contributed by atoms with Crippen LogP contribution in [-0.4, -0.2) is 41.4 Å². The van der Waals surface area contributed by atoms with E-state index in [9.17, 15) is 4.79 Å². The first-order valence-corrected chi connectivity index (χ1v) is 6.92. The normalized spacial score (nSPS) is 33.8. The molecule has 18 heavy (non-hydrogen) atoms. The highest BCUT2D eigenvalue weighted by molar-refractivity contribution is 5.90. The highest BCUT2D eigenvalue weighted by Crippen LogP contribution is 2.35. The molecule has 4 heteroatoms. The van der Waals surface area contributed by atoms with Crippen LogP contribution in [0.5, 0.6) is 0 Å². The zero-order valence-corrected chi connectivity index (χ0v) is 12.5. The van der Waals surface area contributed by atoms with Gasteiger partial charge >= 0.3 is 0 Å². The molecule has 2 fully saturated rings. The molecular weight excluding hydrogens is 226 g/mol. The number of hydrogen-bond donors (Lipinski definition) is 2. The van der Waals surface area contributed by atoms with Gasteiger partial charge in [-0.1, -0.05) is 20.8 Å². The standard InChI is InChI=1S/C14H27N3O/c1-13(2,3)12(18)11-10-9(7-15-16-10)8-17(11)14(4,5)6/h9-11,15-16H,7-8H2,1-6H3. The number of ketones is 1. The quantitative estimate of drug-likeness (QED) is 0.736. The van der Waals surface area contributed by atoms with Crippen LogP contribution in [0.3, 0.4) is 0 Å². The smallest absolute Gasteiger partial charge is 0.156 e. The van der Waals surface area contributed by atoms with Gasteiger partial charge in [-0.15, -0.1) is 0 Å². The molecule has 4 nitrogen and oxygen atoms in total. The summed E-state index contributed by atoms with van der Waals surface area (Å²) < 4.78 is 0. The van der Waals surface area contributed by atoms with Crippen LogP contribution < -0.4 is 10.9 Å². The largest absolute Gasteiger partial charge is 0.297 e. The third-order valence-corrected chi connectivity index (χ3v) is 4.12. The van der Waals surface area contributed by atoms with E-state index in [1.165, 1.54) is 0 Å². The summed E-state index contributed by atoms with van der Waals surface area (Å²) in [6.07, 6.45) is 0. The minimum absolute atomic E-state index is 0.00926. The van der Waals surface area contributed by atoms with Crippen LogP contribution >= 0.6 is 0 Å². The van der Waals surface area contributed by atoms with E-state index in [2.05, 4.69) is 36.5 Å². The molecule has 2 N–H and O–H groups in total. The first kappa shape index (κ1) is 14.0. The van der Waals surface area contributed by atoms with Gasteiger partial charge in [-0.25, -0.2) is 0 Å². The Kier molecular flexibility index (Phi) is 3.33. The van der Waals surface area contributed by atoms with Gasteiger partial charge in [0.2, 0.25) is 0 Å². The van der Waals surface area contributed by atoms with Crippen LogP contribution in [0.25, 0.3) is 0 Å². The zero-order valence-electron chi connectivity index (χ0n) is 12.5. The summed E-state index contributed by atoms with van der Waals surface area (Å²) >= 11 is 0. The van der Waals surface area contributed by atoms with Gasteiger partial charge in [0.1, 0.15) is 0 Å². The lowest BCUT2D eigenvalue weighted by atomic mass is 9.82. The molecule has 2 heterocycles. The second-order valence-electron chi connectivity index (χ2n) is 7.69. The van der Waals surface area contributed by atoms with Crippen LogP contribution in [0.2, 0.25) is 0 Å². The van der Waals surface area contributed by atoms with E-state index < -0.39 is 0 Å². The van der Waals surface area contributed by atoms with Crippen LogP contribution in [0, 0.1) is 11.3 Å². The number of hydrogen-bond acceptors (Lipinski definition) is 4. The van der Waals surface area contributed by atoms with E-state index in [4.69, 9.17) is 0 Å². The number of nitrogens with one attached hydrogen (secondary N) is 2. The Hall–Kier alpha value is -0.450. The van der Waals surface area contributed by atoms with Gasteiger partial charge in [0.05, 0.1) is 6.04 Å². The summed E-state index contributed by atoms with van der Waals surface area (Å²) in [4.78, 5) is 15.1. The first-order valence-electron chi connectivity index (χ1n) is 6.92. The molecule has 0 spiro atoms. The monoisotopic (exact) mass is 253 g/mol. The average Bonchev–Trinajstić information content (AvgIpc) is 2.71. The van der Waals surface area contributed by atoms with Crippen LogP contribution in [0.4, 0.5) is 0 Å². The second-order valence-corrected chi connectivity index (χ2v) is 7.69. The van der Waals surface area contributed by atoms with Crippen molar-refractivity contribution in [2.24, 2.45) is 11.3 Å². The van der Waals surface area contributed by atoms with Crippen LogP contribution in [-0.2, 0) is 4.79 Å². The van der Waals surface area contributed by atoms with Crippen molar-refractivity contribution in [2.45, 2.75) is 59.2 Å². The maximum Gasteiger partial charge on any atom is 0.156 e. The Balaban J connectivity index is 2.29. The highest BCUT2D eigenvalue weighted by atomic mass is 16.1. The lowest BCUT2D eigenvalue weighted by molar-refractivity contribution is -0.133. The fraction of sp³-hybridized carbons (Fsp3) is 0.929. The Morgan fingerprint density at radius 3 is 2.28 bits per heavy atom. The van der Waals surface area contributed by atoms with E-state index in [1.807, 2.05) is 20.8 Å². The van der Waals surface area contributed by atoms with E-state index in [0.717, 1.165) is 13.1 Å². The summed E-state index contributed by atoms with van der Waals surface area (Å²) in [7, 11) is 0. The van der Waals surface area contributed by atoms with Gasteiger partial charge in [-0.3, -0.25) is 20.5 Å². The molecule has 2 rings (SSSR count). The predicted octanol–water partition coefficient (Wildman–Crippen LogP) is 1.18. The summed E-state index contributed by atoms with van der Waals surface area (Å²) in [5.41, 5.74) is 6.27. The van der Waals surface area contributed by atoms with E-state index >= 15 is 0 Å². The summed E-state index contributed by atoms with van der Waals surface area (Å²) in [5, 5.41) is 0. The van der Waals surface area contributed by atoms with Gasteiger partial charge in [-0.05, 0) is 20.8 Å². The molecule has 104 valence electrons. The number of Topliss-reactive ketones (excluding diaryl/α,β-unsaturated/α-hetero) is 1. The fourth-order valence-electron chi connectivity index (χ4n) is 3.07. The number of likely N-dealkylation sites (tertiary alicyclic amines) is 1. The SMILES string of the molecule is CC(C)(C)C(=O)C1C2NNCC2CN1C(C)(C)C. The lowest BCUT2D eigenvalue weighted by Crippen LogP contribution is -2.57. The molecule has 2 saturated heterocycles. The highest BCUT2D eigenvalue weighted by Gasteiger charge is 2.52. The predicted molar refractivity (Wildman–Crippen MR) is 73.1 cm³/mol. The molecule has 3 atom stereocenters. The Morgan fingerprint density at radius 2 is 1.78 bits per heavy atom. The number of nitrogens with zero attached hydrogens (tertiary/aromatic N) is 1. The minimum atomic E-state index is -0.284. The molecule has 0 aromatic heterocycles. The molecule has 3 unspecified atom stereocenters. The van der Waals surface area contributed by atoms with Crippen molar-refractivity contribution < 1.29 is 4.79 Å².